The van der Waals surface area contributed by atoms with Crippen molar-refractivity contribution in [1.82, 2.24) is 15.2 Å². The SMILES string of the molecule is COc1ccc(CCC(=O)NCC2CCN(C(=O)c3cccnc3SC)CC2)cc1. The monoisotopic (exact) mass is 427 g/mol. The molecular formula is C23H29N3O3S. The van der Waals surface area contributed by atoms with E-state index in [0.717, 1.165) is 29.2 Å². The highest BCUT2D eigenvalue weighted by atomic mass is 32.2. The number of thioether (sulfide) groups is 1. The Kier molecular flexibility index (Phi) is 8.13. The van der Waals surface area contributed by atoms with E-state index in [1.54, 1.807) is 19.4 Å². The van der Waals surface area contributed by atoms with E-state index in [2.05, 4.69) is 10.3 Å². The van der Waals surface area contributed by atoms with Crippen LogP contribution >= 0.6 is 11.8 Å². The average molecular weight is 428 g/mol. The zero-order valence-corrected chi connectivity index (χ0v) is 18.4. The van der Waals surface area contributed by atoms with Gasteiger partial charge in [0.15, 0.2) is 0 Å². The second-order valence-corrected chi connectivity index (χ2v) is 8.24. The van der Waals surface area contributed by atoms with Gasteiger partial charge in [0, 0.05) is 32.3 Å². The van der Waals surface area contributed by atoms with E-state index >= 15 is 0 Å². The molecule has 6 nitrogen and oxygen atoms in total. The Labute approximate surface area is 182 Å². The second kappa shape index (κ2) is 11.0. The number of carbonyl (C=O) groups is 2. The summed E-state index contributed by atoms with van der Waals surface area (Å²) in [7, 11) is 1.64. The fraction of sp³-hybridized carbons (Fsp3) is 0.435. The van der Waals surface area contributed by atoms with E-state index in [0.29, 0.717) is 44.0 Å². The van der Waals surface area contributed by atoms with Crippen LogP contribution in [-0.2, 0) is 11.2 Å². The van der Waals surface area contributed by atoms with Crippen LogP contribution < -0.4 is 10.1 Å². The number of nitrogens with one attached hydrogen (secondary N) is 1. The summed E-state index contributed by atoms with van der Waals surface area (Å²) >= 11 is 1.49. The number of hydrogen-bond donors (Lipinski definition) is 1. The molecule has 1 aromatic carbocycles. The van der Waals surface area contributed by atoms with Gasteiger partial charge in [-0.05, 0) is 61.3 Å². The zero-order valence-electron chi connectivity index (χ0n) is 17.6. The number of rotatable bonds is 8. The van der Waals surface area contributed by atoms with Crippen molar-refractivity contribution in [2.24, 2.45) is 5.92 Å². The van der Waals surface area contributed by atoms with E-state index in [-0.39, 0.29) is 11.8 Å². The summed E-state index contributed by atoms with van der Waals surface area (Å²) in [6.07, 6.45) is 6.64. The fourth-order valence-corrected chi connectivity index (χ4v) is 4.16. The Morgan fingerprint density at radius 2 is 1.93 bits per heavy atom. The molecule has 1 saturated heterocycles. The summed E-state index contributed by atoms with van der Waals surface area (Å²) < 4.78 is 5.15. The molecule has 1 aromatic heterocycles. The number of piperidine rings is 1. The lowest BCUT2D eigenvalue weighted by Gasteiger charge is -2.32. The maximum atomic E-state index is 12.8. The van der Waals surface area contributed by atoms with Crippen LogP contribution in [0.15, 0.2) is 47.6 Å². The third-order valence-electron chi connectivity index (χ3n) is 5.48. The Bertz CT molecular complexity index is 849. The number of amides is 2. The van der Waals surface area contributed by atoms with Crippen molar-refractivity contribution < 1.29 is 14.3 Å². The molecule has 2 heterocycles. The highest BCUT2D eigenvalue weighted by Crippen LogP contribution is 2.22. The Morgan fingerprint density at radius 1 is 1.20 bits per heavy atom. The molecule has 0 radical (unpaired) electrons. The number of likely N-dealkylation sites (tertiary alicyclic amines) is 1. The van der Waals surface area contributed by atoms with Crippen LogP contribution in [0.1, 0.15) is 35.2 Å². The molecule has 1 aliphatic rings. The van der Waals surface area contributed by atoms with Crippen LogP contribution in [0.2, 0.25) is 0 Å². The molecular weight excluding hydrogens is 398 g/mol. The van der Waals surface area contributed by atoms with Crippen LogP contribution in [0.3, 0.4) is 0 Å². The molecule has 0 aliphatic carbocycles. The smallest absolute Gasteiger partial charge is 0.256 e. The van der Waals surface area contributed by atoms with Crippen LogP contribution in [0.5, 0.6) is 5.75 Å². The highest BCUT2D eigenvalue weighted by Gasteiger charge is 2.25. The minimum absolute atomic E-state index is 0.0504. The first-order valence-corrected chi connectivity index (χ1v) is 11.5. The van der Waals surface area contributed by atoms with Gasteiger partial charge < -0.3 is 15.0 Å². The number of benzene rings is 1. The molecule has 2 amide bonds. The minimum Gasteiger partial charge on any atom is -0.497 e. The summed E-state index contributed by atoms with van der Waals surface area (Å²) in [6, 6.07) is 11.5. The van der Waals surface area contributed by atoms with Gasteiger partial charge in [-0.2, -0.15) is 0 Å². The standard InChI is InChI=1S/C23H29N3O3S/c1-29-19-8-5-17(6-9-19)7-10-21(27)25-16-18-11-14-26(15-12-18)23(28)20-4-3-13-24-22(20)30-2/h3-6,8-9,13,18H,7,10-12,14-16H2,1-2H3,(H,25,27). The Morgan fingerprint density at radius 3 is 2.60 bits per heavy atom. The van der Waals surface area contributed by atoms with Gasteiger partial charge in [-0.25, -0.2) is 4.98 Å². The number of hydrogen-bond acceptors (Lipinski definition) is 5. The van der Waals surface area contributed by atoms with Crippen molar-refractivity contribution in [2.45, 2.75) is 30.7 Å². The van der Waals surface area contributed by atoms with Crippen molar-refractivity contribution in [3.8, 4) is 5.75 Å². The first-order chi connectivity index (χ1) is 14.6. The molecule has 1 fully saturated rings. The molecule has 1 aliphatic heterocycles. The first-order valence-electron chi connectivity index (χ1n) is 10.3. The summed E-state index contributed by atoms with van der Waals surface area (Å²) in [6.45, 7) is 2.11. The number of aryl methyl sites for hydroxylation is 1. The molecule has 7 heteroatoms. The molecule has 160 valence electrons. The molecule has 1 N–H and O–H groups in total. The van der Waals surface area contributed by atoms with Crippen LogP contribution in [-0.4, -0.2) is 54.7 Å². The van der Waals surface area contributed by atoms with Crippen molar-refractivity contribution >= 4 is 23.6 Å². The maximum absolute atomic E-state index is 12.8. The van der Waals surface area contributed by atoms with E-state index < -0.39 is 0 Å². The predicted octanol–water partition coefficient (Wildman–Crippen LogP) is 3.41. The zero-order chi connectivity index (χ0) is 21.3. The van der Waals surface area contributed by atoms with Gasteiger partial charge in [-0.15, -0.1) is 11.8 Å². The van der Waals surface area contributed by atoms with Gasteiger partial charge in [0.05, 0.1) is 12.7 Å². The first kappa shape index (κ1) is 22.2. The summed E-state index contributed by atoms with van der Waals surface area (Å²) in [5, 5.41) is 3.83. The number of carbonyl (C=O) groups excluding carboxylic acids is 2. The molecule has 0 spiro atoms. The average Bonchev–Trinajstić information content (AvgIpc) is 2.81. The predicted molar refractivity (Wildman–Crippen MR) is 119 cm³/mol. The van der Waals surface area contributed by atoms with Crippen molar-refractivity contribution in [2.75, 3.05) is 33.0 Å². The minimum atomic E-state index is 0.0504. The molecule has 0 saturated carbocycles. The molecule has 0 unspecified atom stereocenters. The van der Waals surface area contributed by atoms with Crippen LogP contribution in [0.4, 0.5) is 0 Å². The summed E-state index contributed by atoms with van der Waals surface area (Å²) in [5.41, 5.74) is 1.80. The Hall–Kier alpha value is -2.54. The quantitative estimate of drug-likeness (QED) is 0.654. The van der Waals surface area contributed by atoms with Gasteiger partial charge in [0.25, 0.3) is 5.91 Å². The summed E-state index contributed by atoms with van der Waals surface area (Å²) in [4.78, 5) is 31.2. The third-order valence-corrected chi connectivity index (χ3v) is 6.20. The Balaban J connectivity index is 1.39. The third kappa shape index (κ3) is 5.98. The topological polar surface area (TPSA) is 71.5 Å². The van der Waals surface area contributed by atoms with Crippen molar-refractivity contribution in [3.05, 3.63) is 53.7 Å². The van der Waals surface area contributed by atoms with E-state index in [9.17, 15) is 9.59 Å². The lowest BCUT2D eigenvalue weighted by molar-refractivity contribution is -0.121. The van der Waals surface area contributed by atoms with Crippen LogP contribution in [0, 0.1) is 5.92 Å². The highest BCUT2D eigenvalue weighted by molar-refractivity contribution is 7.98. The normalized spacial score (nSPS) is 14.4. The van der Waals surface area contributed by atoms with Gasteiger partial charge in [-0.3, -0.25) is 9.59 Å². The van der Waals surface area contributed by atoms with Gasteiger partial charge >= 0.3 is 0 Å². The van der Waals surface area contributed by atoms with Crippen molar-refractivity contribution in [1.29, 1.82) is 0 Å². The van der Waals surface area contributed by atoms with Crippen molar-refractivity contribution in [3.63, 3.8) is 0 Å². The second-order valence-electron chi connectivity index (χ2n) is 7.45. The van der Waals surface area contributed by atoms with Crippen LogP contribution in [0.25, 0.3) is 0 Å². The molecule has 0 atom stereocenters. The number of pyridine rings is 1. The fourth-order valence-electron chi connectivity index (χ4n) is 3.62. The lowest BCUT2D eigenvalue weighted by atomic mass is 9.96. The molecule has 3 rings (SSSR count). The molecule has 0 bridgehead atoms. The lowest BCUT2D eigenvalue weighted by Crippen LogP contribution is -2.41. The van der Waals surface area contributed by atoms with Gasteiger partial charge in [0.1, 0.15) is 10.8 Å². The van der Waals surface area contributed by atoms with E-state index in [1.165, 1.54) is 11.8 Å². The van der Waals surface area contributed by atoms with Gasteiger partial charge in [-0.1, -0.05) is 12.1 Å². The maximum Gasteiger partial charge on any atom is 0.256 e. The van der Waals surface area contributed by atoms with Gasteiger partial charge in [0.2, 0.25) is 5.91 Å². The number of methoxy groups -OCH3 is 1. The van der Waals surface area contributed by atoms with E-state index in [4.69, 9.17) is 4.74 Å². The molecule has 2 aromatic rings. The van der Waals surface area contributed by atoms with E-state index in [1.807, 2.05) is 41.5 Å². The largest absolute Gasteiger partial charge is 0.497 e. The summed E-state index contributed by atoms with van der Waals surface area (Å²) in [5.74, 6) is 1.35. The number of aromatic nitrogens is 1. The number of ether oxygens (including phenoxy) is 1. The number of nitrogens with zero attached hydrogens (tertiary/aromatic N) is 2. The molecule has 30 heavy (non-hydrogen) atoms.